The highest BCUT2D eigenvalue weighted by Gasteiger charge is 2.23. The molecule has 1 saturated heterocycles. The molecule has 10 heteroatoms. The number of pyridine rings is 1. The average Bonchev–Trinajstić information content (AvgIpc) is 2.78. The second kappa shape index (κ2) is 10.8. The van der Waals surface area contributed by atoms with E-state index >= 15 is 0 Å². The fourth-order valence-electron chi connectivity index (χ4n) is 3.33. The lowest BCUT2D eigenvalue weighted by Crippen LogP contribution is -2.41. The SMILES string of the molecule is C=CC(=O)N1CCC(Oc2cc(C(=NC)Nc3c(Cl)cc(Cl)cc3Cl)c(N=C)cn2)CC1. The monoisotopic (exact) mass is 493 g/mol. The summed E-state index contributed by atoms with van der Waals surface area (Å²) in [4.78, 5) is 26.2. The number of benzene rings is 1. The summed E-state index contributed by atoms with van der Waals surface area (Å²) in [6.07, 6.45) is 4.21. The normalized spacial score (nSPS) is 14.8. The number of hydrogen-bond donors (Lipinski definition) is 1. The number of carbonyl (C=O) groups is 1. The Kier molecular flexibility index (Phi) is 8.12. The summed E-state index contributed by atoms with van der Waals surface area (Å²) in [5.41, 5.74) is 1.60. The van der Waals surface area contributed by atoms with E-state index in [1.54, 1.807) is 36.3 Å². The smallest absolute Gasteiger partial charge is 0.245 e. The molecule has 0 spiro atoms. The number of aromatic nitrogens is 1. The number of aliphatic imine (C=N–C) groups is 2. The lowest BCUT2D eigenvalue weighted by atomic mass is 10.1. The van der Waals surface area contributed by atoms with Gasteiger partial charge in [-0.25, -0.2) is 4.98 Å². The summed E-state index contributed by atoms with van der Waals surface area (Å²) >= 11 is 18.6. The van der Waals surface area contributed by atoms with Crippen molar-refractivity contribution in [2.45, 2.75) is 18.9 Å². The molecule has 1 fully saturated rings. The quantitative estimate of drug-likeness (QED) is 0.330. The van der Waals surface area contributed by atoms with Crippen LogP contribution in [0, 0.1) is 0 Å². The minimum absolute atomic E-state index is 0.0677. The van der Waals surface area contributed by atoms with E-state index in [1.165, 1.54) is 6.08 Å². The van der Waals surface area contributed by atoms with Crippen LogP contribution in [0.15, 0.2) is 47.0 Å². The van der Waals surface area contributed by atoms with Gasteiger partial charge in [0.15, 0.2) is 0 Å². The number of nitrogens with zero attached hydrogens (tertiary/aromatic N) is 4. The van der Waals surface area contributed by atoms with Gasteiger partial charge in [-0.2, -0.15) is 0 Å². The second-order valence-electron chi connectivity index (χ2n) is 6.99. The van der Waals surface area contributed by atoms with Gasteiger partial charge in [0.05, 0.1) is 27.6 Å². The zero-order chi connectivity index (χ0) is 23.3. The van der Waals surface area contributed by atoms with E-state index in [1.807, 2.05) is 0 Å². The lowest BCUT2D eigenvalue weighted by Gasteiger charge is -2.31. The van der Waals surface area contributed by atoms with Crippen molar-refractivity contribution in [3.05, 3.63) is 57.7 Å². The highest BCUT2D eigenvalue weighted by atomic mass is 35.5. The van der Waals surface area contributed by atoms with E-state index in [0.717, 1.165) is 0 Å². The highest BCUT2D eigenvalue weighted by Crippen LogP contribution is 2.35. The Morgan fingerprint density at radius 1 is 1.25 bits per heavy atom. The van der Waals surface area contributed by atoms with Crippen LogP contribution in [0.3, 0.4) is 0 Å². The van der Waals surface area contributed by atoms with Crippen molar-refractivity contribution >= 4 is 64.6 Å². The Labute approximate surface area is 201 Å². The van der Waals surface area contributed by atoms with Gasteiger partial charge in [-0.15, -0.1) is 0 Å². The second-order valence-corrected chi connectivity index (χ2v) is 8.24. The first-order valence-corrected chi connectivity index (χ1v) is 10.9. The molecule has 0 bridgehead atoms. The van der Waals surface area contributed by atoms with Crippen LogP contribution in [0.2, 0.25) is 15.1 Å². The summed E-state index contributed by atoms with van der Waals surface area (Å²) in [6.45, 7) is 8.35. The number of carbonyl (C=O) groups excluding carboxylic acids is 1. The molecular formula is C22H22Cl3N5O2. The van der Waals surface area contributed by atoms with Crippen molar-refractivity contribution in [1.29, 1.82) is 0 Å². The summed E-state index contributed by atoms with van der Waals surface area (Å²) in [5.74, 6) is 0.800. The maximum atomic E-state index is 11.8. The minimum Gasteiger partial charge on any atom is -0.474 e. The van der Waals surface area contributed by atoms with E-state index in [2.05, 4.69) is 33.6 Å². The van der Waals surface area contributed by atoms with E-state index in [4.69, 9.17) is 39.5 Å². The van der Waals surface area contributed by atoms with Crippen LogP contribution >= 0.6 is 34.8 Å². The molecule has 0 saturated carbocycles. The predicted molar refractivity (Wildman–Crippen MR) is 131 cm³/mol. The molecule has 32 heavy (non-hydrogen) atoms. The number of nitrogens with one attached hydrogen (secondary N) is 1. The molecule has 0 atom stereocenters. The molecule has 1 N–H and O–H groups in total. The number of amides is 1. The van der Waals surface area contributed by atoms with E-state index in [-0.39, 0.29) is 12.0 Å². The molecule has 1 aliphatic rings. The fourth-order valence-corrected chi connectivity index (χ4v) is 4.24. The third-order valence-electron chi connectivity index (χ3n) is 4.97. The van der Waals surface area contributed by atoms with Crippen molar-refractivity contribution in [2.24, 2.45) is 9.98 Å². The molecule has 2 aromatic rings. The minimum atomic E-state index is -0.0698. The van der Waals surface area contributed by atoms with E-state index in [9.17, 15) is 4.79 Å². The van der Waals surface area contributed by atoms with Crippen LogP contribution in [0.1, 0.15) is 18.4 Å². The molecule has 0 aliphatic carbocycles. The van der Waals surface area contributed by atoms with Gasteiger partial charge in [0.25, 0.3) is 0 Å². The zero-order valence-electron chi connectivity index (χ0n) is 17.4. The molecule has 7 nitrogen and oxygen atoms in total. The molecule has 1 aliphatic heterocycles. The van der Waals surface area contributed by atoms with Crippen LogP contribution in [0.25, 0.3) is 0 Å². The summed E-state index contributed by atoms with van der Waals surface area (Å²) in [6, 6.07) is 4.90. The molecule has 1 aromatic carbocycles. The average molecular weight is 495 g/mol. The number of anilines is 1. The number of rotatable bonds is 6. The Balaban J connectivity index is 1.81. The fraction of sp³-hybridized carbons (Fsp3) is 0.273. The van der Waals surface area contributed by atoms with Gasteiger partial charge in [0, 0.05) is 49.6 Å². The Bertz CT molecular complexity index is 1040. The Morgan fingerprint density at radius 3 is 2.47 bits per heavy atom. The van der Waals surface area contributed by atoms with E-state index < -0.39 is 0 Å². The molecule has 2 heterocycles. The Hall–Kier alpha value is -2.61. The van der Waals surface area contributed by atoms with Gasteiger partial charge in [-0.3, -0.25) is 14.8 Å². The zero-order valence-corrected chi connectivity index (χ0v) is 19.7. The number of amidine groups is 1. The molecule has 1 amide bonds. The molecule has 0 radical (unpaired) electrons. The number of piperidine rings is 1. The van der Waals surface area contributed by atoms with Gasteiger partial charge in [0.1, 0.15) is 11.9 Å². The van der Waals surface area contributed by atoms with Gasteiger partial charge in [0.2, 0.25) is 11.8 Å². The van der Waals surface area contributed by atoms with Crippen LogP contribution in [-0.2, 0) is 4.79 Å². The molecule has 168 valence electrons. The van der Waals surface area contributed by atoms with Gasteiger partial charge >= 0.3 is 0 Å². The van der Waals surface area contributed by atoms with Crippen LogP contribution in [0.4, 0.5) is 11.4 Å². The van der Waals surface area contributed by atoms with Crippen LogP contribution in [-0.4, -0.2) is 54.6 Å². The molecule has 3 rings (SSSR count). The largest absolute Gasteiger partial charge is 0.474 e. The number of hydrogen-bond acceptors (Lipinski definition) is 5. The van der Waals surface area contributed by atoms with Crippen molar-refractivity contribution in [2.75, 3.05) is 25.5 Å². The van der Waals surface area contributed by atoms with Crippen molar-refractivity contribution in [3.63, 3.8) is 0 Å². The number of likely N-dealkylation sites (tertiary alicyclic amines) is 1. The molecular weight excluding hydrogens is 473 g/mol. The first kappa shape index (κ1) is 24.0. The van der Waals surface area contributed by atoms with Crippen LogP contribution < -0.4 is 10.1 Å². The summed E-state index contributed by atoms with van der Waals surface area (Å²) in [5, 5.41) is 4.27. The standard InChI is InChI=1S/C22H22Cl3N5O2/c1-4-20(31)30-7-5-14(6-8-30)32-19-11-15(18(26-2)12-28-19)22(27-3)29-21-16(24)9-13(23)10-17(21)25/h4,9-12,14H,1-2,5-8H2,3H3,(H,27,29). The number of ether oxygens (including phenoxy) is 1. The first-order chi connectivity index (χ1) is 15.4. The third kappa shape index (κ3) is 5.59. The maximum absolute atomic E-state index is 11.8. The van der Waals surface area contributed by atoms with Crippen LogP contribution in [0.5, 0.6) is 5.88 Å². The van der Waals surface area contributed by atoms with Gasteiger partial charge < -0.3 is 15.0 Å². The van der Waals surface area contributed by atoms with E-state index in [0.29, 0.717) is 69.7 Å². The molecule has 1 aromatic heterocycles. The molecule has 0 unspecified atom stereocenters. The maximum Gasteiger partial charge on any atom is 0.245 e. The first-order valence-electron chi connectivity index (χ1n) is 9.79. The van der Waals surface area contributed by atoms with Crippen molar-refractivity contribution < 1.29 is 9.53 Å². The topological polar surface area (TPSA) is 79.2 Å². The number of halogens is 3. The van der Waals surface area contributed by atoms with Gasteiger partial charge in [-0.1, -0.05) is 41.4 Å². The van der Waals surface area contributed by atoms with Gasteiger partial charge in [-0.05, 0) is 24.9 Å². The van der Waals surface area contributed by atoms with Crippen molar-refractivity contribution in [3.8, 4) is 5.88 Å². The predicted octanol–water partition coefficient (Wildman–Crippen LogP) is 5.42. The Morgan fingerprint density at radius 2 is 1.91 bits per heavy atom. The summed E-state index contributed by atoms with van der Waals surface area (Å²) in [7, 11) is 1.63. The third-order valence-corrected chi connectivity index (χ3v) is 5.79. The summed E-state index contributed by atoms with van der Waals surface area (Å²) < 4.78 is 6.08. The lowest BCUT2D eigenvalue weighted by molar-refractivity contribution is -0.127. The van der Waals surface area contributed by atoms with Crippen molar-refractivity contribution in [1.82, 2.24) is 9.88 Å². The highest BCUT2D eigenvalue weighted by molar-refractivity contribution is 6.42.